The minimum absolute atomic E-state index is 0.308. The third kappa shape index (κ3) is 3.46. The molecule has 0 atom stereocenters. The lowest BCUT2D eigenvalue weighted by Gasteiger charge is -1.99. The highest BCUT2D eigenvalue weighted by atomic mass is 19.1. The maximum atomic E-state index is 13.1. The molecule has 0 saturated heterocycles. The van der Waals surface area contributed by atoms with Gasteiger partial charge in [0.15, 0.2) is 23.3 Å². The van der Waals surface area contributed by atoms with Crippen molar-refractivity contribution in [3.63, 3.8) is 0 Å². The van der Waals surface area contributed by atoms with Crippen molar-refractivity contribution in [2.45, 2.75) is 0 Å². The number of hydrogen-bond acceptors (Lipinski definition) is 4. The maximum absolute atomic E-state index is 13.1. The molecule has 0 radical (unpaired) electrons. The first-order chi connectivity index (χ1) is 14.7. The van der Waals surface area contributed by atoms with Crippen molar-refractivity contribution in [2.75, 3.05) is 0 Å². The Balaban J connectivity index is 1.44. The van der Waals surface area contributed by atoms with Gasteiger partial charge in [0.2, 0.25) is 0 Å². The Morgan fingerprint density at radius 3 is 1.40 bits per heavy atom. The molecule has 5 aromatic rings. The van der Waals surface area contributed by atoms with Gasteiger partial charge >= 0.3 is 0 Å². The van der Waals surface area contributed by atoms with E-state index in [0.717, 1.165) is 22.3 Å². The van der Waals surface area contributed by atoms with Gasteiger partial charge in [-0.15, -0.1) is 0 Å². The first-order valence-electron chi connectivity index (χ1n) is 9.13. The Hall–Kier alpha value is -4.20. The highest BCUT2D eigenvalue weighted by Crippen LogP contribution is 2.25. The van der Waals surface area contributed by atoms with E-state index < -0.39 is 0 Å². The van der Waals surface area contributed by atoms with Crippen LogP contribution in [0.5, 0.6) is 0 Å². The first-order valence-corrected chi connectivity index (χ1v) is 9.13. The lowest BCUT2D eigenvalue weighted by atomic mass is 10.1. The minimum Gasteiger partial charge on any atom is -0.259 e. The van der Waals surface area contributed by atoms with Crippen LogP contribution in [0, 0.1) is 11.6 Å². The number of aromatic nitrogens is 6. The summed E-state index contributed by atoms with van der Waals surface area (Å²) < 4.78 is 26.3. The van der Waals surface area contributed by atoms with Gasteiger partial charge in [-0.1, -0.05) is 18.2 Å². The summed E-state index contributed by atoms with van der Waals surface area (Å²) in [5.74, 6) is 1.49. The number of nitrogens with zero attached hydrogens (tertiary/aromatic N) is 4. The van der Waals surface area contributed by atoms with Crippen LogP contribution in [-0.2, 0) is 0 Å². The normalized spacial score (nSPS) is 11.0. The van der Waals surface area contributed by atoms with Gasteiger partial charge in [0.1, 0.15) is 11.6 Å². The van der Waals surface area contributed by atoms with E-state index in [1.165, 1.54) is 24.3 Å². The Kier molecular flexibility index (Phi) is 4.36. The molecule has 2 N–H and O–H groups in total. The molecule has 2 heterocycles. The number of hydrogen-bond donors (Lipinski definition) is 2. The van der Waals surface area contributed by atoms with Gasteiger partial charge in [-0.3, -0.25) is 10.2 Å². The molecular weight excluding hydrogens is 386 g/mol. The van der Waals surface area contributed by atoms with Crippen molar-refractivity contribution in [1.82, 2.24) is 30.4 Å². The Labute approximate surface area is 169 Å². The predicted octanol–water partition coefficient (Wildman–Crippen LogP) is 4.87. The van der Waals surface area contributed by atoms with Crippen molar-refractivity contribution in [3.05, 3.63) is 84.4 Å². The molecule has 3 aromatic carbocycles. The molecule has 30 heavy (non-hydrogen) atoms. The molecule has 0 bridgehead atoms. The minimum atomic E-state index is -0.308. The number of halogens is 2. The zero-order valence-corrected chi connectivity index (χ0v) is 15.5. The number of aromatic amines is 2. The molecule has 0 spiro atoms. The quantitative estimate of drug-likeness (QED) is 0.451. The molecule has 0 unspecified atom stereocenters. The summed E-state index contributed by atoms with van der Waals surface area (Å²) in [6, 6.07) is 19.6. The van der Waals surface area contributed by atoms with Crippen LogP contribution in [0.25, 0.3) is 45.6 Å². The van der Waals surface area contributed by atoms with E-state index in [1.54, 1.807) is 24.3 Å². The largest absolute Gasteiger partial charge is 0.259 e. The molecule has 0 aliphatic rings. The molecule has 5 rings (SSSR count). The molecular formula is C22H14F2N6. The molecule has 0 fully saturated rings. The average Bonchev–Trinajstić information content (AvgIpc) is 3.45. The summed E-state index contributed by atoms with van der Waals surface area (Å²) >= 11 is 0. The van der Waals surface area contributed by atoms with Crippen molar-refractivity contribution in [2.24, 2.45) is 0 Å². The van der Waals surface area contributed by atoms with E-state index in [1.807, 2.05) is 24.3 Å². The van der Waals surface area contributed by atoms with Gasteiger partial charge < -0.3 is 0 Å². The van der Waals surface area contributed by atoms with Crippen LogP contribution in [-0.4, -0.2) is 30.4 Å². The Bertz CT molecular complexity index is 1210. The number of nitrogens with one attached hydrogen (secondary N) is 2. The summed E-state index contributed by atoms with van der Waals surface area (Å²) in [6.07, 6.45) is 0. The molecule has 6 nitrogen and oxygen atoms in total. The van der Waals surface area contributed by atoms with E-state index in [-0.39, 0.29) is 11.6 Å². The van der Waals surface area contributed by atoms with Crippen molar-refractivity contribution < 1.29 is 8.78 Å². The lowest BCUT2D eigenvalue weighted by molar-refractivity contribution is 0.627. The topological polar surface area (TPSA) is 83.1 Å². The van der Waals surface area contributed by atoms with E-state index >= 15 is 0 Å². The highest BCUT2D eigenvalue weighted by Gasteiger charge is 2.12. The van der Waals surface area contributed by atoms with Gasteiger partial charge in [0.25, 0.3) is 0 Å². The molecule has 2 aromatic heterocycles. The molecule has 146 valence electrons. The van der Waals surface area contributed by atoms with Crippen LogP contribution in [0.1, 0.15) is 0 Å². The second-order valence-corrected chi connectivity index (χ2v) is 6.61. The standard InChI is InChI=1S/C22H14F2N6/c23-17-8-4-13(5-9-17)19-25-21(29-27-19)15-2-1-3-16(12-15)22-26-20(28-30-22)14-6-10-18(24)11-7-14/h1-12H,(H,25,27,29)(H,26,28,30). The fraction of sp³-hybridized carbons (Fsp3) is 0. The second kappa shape index (κ2) is 7.32. The lowest BCUT2D eigenvalue weighted by Crippen LogP contribution is -1.85. The third-order valence-corrected chi connectivity index (χ3v) is 4.59. The Morgan fingerprint density at radius 2 is 0.967 bits per heavy atom. The van der Waals surface area contributed by atoms with E-state index in [2.05, 4.69) is 30.4 Å². The van der Waals surface area contributed by atoms with Gasteiger partial charge in [-0.05, 0) is 54.6 Å². The third-order valence-electron chi connectivity index (χ3n) is 4.59. The van der Waals surface area contributed by atoms with Crippen LogP contribution in [0.2, 0.25) is 0 Å². The molecule has 0 aliphatic heterocycles. The zero-order valence-electron chi connectivity index (χ0n) is 15.5. The van der Waals surface area contributed by atoms with Crippen LogP contribution < -0.4 is 0 Å². The van der Waals surface area contributed by atoms with E-state index in [0.29, 0.717) is 23.3 Å². The van der Waals surface area contributed by atoms with E-state index in [9.17, 15) is 8.78 Å². The van der Waals surface area contributed by atoms with Crippen LogP contribution in [0.4, 0.5) is 8.78 Å². The SMILES string of the molecule is Fc1ccc(-c2nc(-c3cccc(-c4n[nH]c(-c5ccc(F)cc5)n4)c3)n[nH]2)cc1. The van der Waals surface area contributed by atoms with Gasteiger partial charge in [-0.2, -0.15) is 10.2 Å². The summed E-state index contributed by atoms with van der Waals surface area (Å²) in [6.45, 7) is 0. The average molecular weight is 400 g/mol. The van der Waals surface area contributed by atoms with Gasteiger partial charge in [-0.25, -0.2) is 18.7 Å². The number of H-pyrrole nitrogens is 2. The summed E-state index contributed by atoms with van der Waals surface area (Å²) in [7, 11) is 0. The maximum Gasteiger partial charge on any atom is 0.181 e. The predicted molar refractivity (Wildman–Crippen MR) is 108 cm³/mol. The van der Waals surface area contributed by atoms with Gasteiger partial charge in [0, 0.05) is 22.3 Å². The number of benzene rings is 3. The number of rotatable bonds is 4. The highest BCUT2D eigenvalue weighted by molar-refractivity contribution is 5.68. The smallest absolute Gasteiger partial charge is 0.181 e. The summed E-state index contributed by atoms with van der Waals surface area (Å²) in [4.78, 5) is 9.01. The van der Waals surface area contributed by atoms with Crippen LogP contribution >= 0.6 is 0 Å². The summed E-state index contributed by atoms with van der Waals surface area (Å²) in [5.41, 5.74) is 3.05. The van der Waals surface area contributed by atoms with E-state index in [4.69, 9.17) is 0 Å². The fourth-order valence-electron chi connectivity index (χ4n) is 3.05. The molecule has 8 heteroatoms. The van der Waals surface area contributed by atoms with Crippen molar-refractivity contribution in [3.8, 4) is 45.6 Å². The van der Waals surface area contributed by atoms with Crippen molar-refractivity contribution >= 4 is 0 Å². The molecule has 0 aliphatic carbocycles. The van der Waals surface area contributed by atoms with Crippen molar-refractivity contribution in [1.29, 1.82) is 0 Å². The second-order valence-electron chi connectivity index (χ2n) is 6.61. The molecule has 0 amide bonds. The monoisotopic (exact) mass is 400 g/mol. The fourth-order valence-corrected chi connectivity index (χ4v) is 3.05. The Morgan fingerprint density at radius 1 is 0.533 bits per heavy atom. The summed E-state index contributed by atoms with van der Waals surface area (Å²) in [5, 5.41) is 14.3. The van der Waals surface area contributed by atoms with Crippen LogP contribution in [0.15, 0.2) is 72.8 Å². The first kappa shape index (κ1) is 17.9. The van der Waals surface area contributed by atoms with Gasteiger partial charge in [0.05, 0.1) is 0 Å². The molecule has 0 saturated carbocycles. The zero-order chi connectivity index (χ0) is 20.5. The van der Waals surface area contributed by atoms with Crippen LogP contribution in [0.3, 0.4) is 0 Å².